The molecule has 1 rings (SSSR count). The molecule has 0 bridgehead atoms. The largest absolute Gasteiger partial charge is 0.457 e. The van der Waals surface area contributed by atoms with E-state index < -0.39 is 0 Å². The van der Waals surface area contributed by atoms with E-state index in [-0.39, 0.29) is 18.3 Å². The second kappa shape index (κ2) is 3.62. The van der Waals surface area contributed by atoms with Gasteiger partial charge in [-0.25, -0.2) is 0 Å². The van der Waals surface area contributed by atoms with Crippen molar-refractivity contribution in [2.45, 2.75) is 58.1 Å². The number of unbranched alkanes of at least 4 members (excludes halogenated alkanes) is 1. The molecule has 0 atom stereocenters. The Labute approximate surface area is 82.1 Å². The summed E-state index contributed by atoms with van der Waals surface area (Å²) in [5, 5.41) is 0. The molecule has 75 valence electrons. The summed E-state index contributed by atoms with van der Waals surface area (Å²) < 4.78 is 11.6. The van der Waals surface area contributed by atoms with Crippen molar-refractivity contribution >= 4 is 7.12 Å². The quantitative estimate of drug-likeness (QED) is 0.626. The van der Waals surface area contributed by atoms with Gasteiger partial charge < -0.3 is 9.31 Å². The number of hydrogen-bond donors (Lipinski definition) is 0. The van der Waals surface area contributed by atoms with Gasteiger partial charge in [0.1, 0.15) is 0 Å². The summed E-state index contributed by atoms with van der Waals surface area (Å²) in [7, 11) is -0.0354. The maximum absolute atomic E-state index is 5.82. The molecule has 0 unspecified atom stereocenters. The van der Waals surface area contributed by atoms with Gasteiger partial charge in [0.15, 0.2) is 0 Å². The summed E-state index contributed by atoms with van der Waals surface area (Å²) in [5.41, 5.74) is -0.363. The third-order valence-corrected chi connectivity index (χ3v) is 2.99. The molecule has 0 N–H and O–H groups in total. The summed E-state index contributed by atoms with van der Waals surface area (Å²) in [6.45, 7) is 12.1. The lowest BCUT2D eigenvalue weighted by Crippen LogP contribution is -2.41. The predicted octanol–water partition coefficient (Wildman–Crippen LogP) is 2.69. The van der Waals surface area contributed by atoms with Crippen molar-refractivity contribution in [3.63, 3.8) is 0 Å². The van der Waals surface area contributed by atoms with Gasteiger partial charge >= 0.3 is 7.12 Å². The zero-order valence-corrected chi connectivity index (χ0v) is 9.22. The first-order valence-corrected chi connectivity index (χ1v) is 5.04. The maximum atomic E-state index is 5.82. The highest BCUT2D eigenvalue weighted by Crippen LogP contribution is 2.37. The van der Waals surface area contributed by atoms with Gasteiger partial charge in [-0.1, -0.05) is 19.8 Å². The summed E-state index contributed by atoms with van der Waals surface area (Å²) in [4.78, 5) is 0. The Morgan fingerprint density at radius 1 is 1.08 bits per heavy atom. The fourth-order valence-corrected chi connectivity index (χ4v) is 1.39. The van der Waals surface area contributed by atoms with Crippen molar-refractivity contribution in [2.75, 3.05) is 0 Å². The molecule has 1 fully saturated rings. The lowest BCUT2D eigenvalue weighted by atomic mass is 9.82. The highest BCUT2D eigenvalue weighted by Gasteiger charge is 2.50. The van der Waals surface area contributed by atoms with Crippen LogP contribution in [0.3, 0.4) is 0 Å². The first kappa shape index (κ1) is 11.1. The molecular weight excluding hydrogens is 163 g/mol. The van der Waals surface area contributed by atoms with Crippen LogP contribution in [0.1, 0.15) is 40.5 Å². The molecule has 1 aliphatic heterocycles. The van der Waals surface area contributed by atoms with Crippen molar-refractivity contribution in [3.05, 3.63) is 6.92 Å². The van der Waals surface area contributed by atoms with Crippen LogP contribution in [0.4, 0.5) is 0 Å². The SMILES string of the molecule is [CH2]CCCB1OC(C)(C)C(C)(C)O1. The molecule has 1 heterocycles. The van der Waals surface area contributed by atoms with Crippen molar-refractivity contribution in [1.29, 1.82) is 0 Å². The van der Waals surface area contributed by atoms with E-state index >= 15 is 0 Å². The third kappa shape index (κ3) is 2.26. The molecule has 13 heavy (non-hydrogen) atoms. The molecular formula is C10H20BO2. The minimum atomic E-state index is -0.182. The van der Waals surface area contributed by atoms with Gasteiger partial charge in [-0.15, -0.1) is 0 Å². The van der Waals surface area contributed by atoms with Crippen LogP contribution < -0.4 is 0 Å². The van der Waals surface area contributed by atoms with Crippen molar-refractivity contribution in [1.82, 2.24) is 0 Å². The van der Waals surface area contributed by atoms with E-state index in [1.54, 1.807) is 0 Å². The van der Waals surface area contributed by atoms with E-state index in [0.717, 1.165) is 19.2 Å². The second-order valence-electron chi connectivity index (χ2n) is 4.68. The van der Waals surface area contributed by atoms with Gasteiger partial charge in [-0.2, -0.15) is 0 Å². The molecule has 0 aliphatic carbocycles. The van der Waals surface area contributed by atoms with Crippen LogP contribution in [-0.2, 0) is 9.31 Å². The predicted molar refractivity (Wildman–Crippen MR) is 55.5 cm³/mol. The van der Waals surface area contributed by atoms with Crippen molar-refractivity contribution in [3.8, 4) is 0 Å². The van der Waals surface area contributed by atoms with Crippen LogP contribution in [0.2, 0.25) is 6.32 Å². The number of hydrogen-bond acceptors (Lipinski definition) is 2. The standard InChI is InChI=1S/C10H20BO2/c1-6-7-8-11-12-9(2,3)10(4,5)13-11/h1,6-8H2,2-5H3. The van der Waals surface area contributed by atoms with Crippen LogP contribution in [-0.4, -0.2) is 18.3 Å². The van der Waals surface area contributed by atoms with Gasteiger partial charge in [0, 0.05) is 0 Å². The molecule has 0 aromatic heterocycles. The Morgan fingerprint density at radius 3 is 1.92 bits per heavy atom. The summed E-state index contributed by atoms with van der Waals surface area (Å²) in [6.07, 6.45) is 2.97. The Bertz CT molecular complexity index is 162. The summed E-state index contributed by atoms with van der Waals surface area (Å²) in [5.74, 6) is 0. The van der Waals surface area contributed by atoms with Gasteiger partial charge in [0.05, 0.1) is 11.2 Å². The lowest BCUT2D eigenvalue weighted by Gasteiger charge is -2.32. The zero-order valence-electron chi connectivity index (χ0n) is 9.22. The lowest BCUT2D eigenvalue weighted by molar-refractivity contribution is 0.00578. The van der Waals surface area contributed by atoms with E-state index in [1.165, 1.54) is 0 Å². The van der Waals surface area contributed by atoms with E-state index in [1.807, 2.05) is 0 Å². The van der Waals surface area contributed by atoms with Gasteiger partial charge in [0.2, 0.25) is 0 Å². The third-order valence-electron chi connectivity index (χ3n) is 2.99. The van der Waals surface area contributed by atoms with Gasteiger partial charge in [0.25, 0.3) is 0 Å². The molecule has 0 saturated carbocycles. The Hall–Kier alpha value is -0.0151. The molecule has 3 heteroatoms. The Morgan fingerprint density at radius 2 is 1.54 bits per heavy atom. The molecule has 0 spiro atoms. The highest BCUT2D eigenvalue weighted by molar-refractivity contribution is 6.45. The van der Waals surface area contributed by atoms with Crippen LogP contribution >= 0.6 is 0 Å². The Balaban J connectivity index is 2.50. The fourth-order valence-electron chi connectivity index (χ4n) is 1.39. The van der Waals surface area contributed by atoms with Crippen molar-refractivity contribution < 1.29 is 9.31 Å². The molecule has 0 aromatic carbocycles. The van der Waals surface area contributed by atoms with Crippen LogP contribution in [0.25, 0.3) is 0 Å². The van der Waals surface area contributed by atoms with Crippen LogP contribution in [0.15, 0.2) is 0 Å². The van der Waals surface area contributed by atoms with Gasteiger partial charge in [-0.05, 0) is 34.0 Å². The average Bonchev–Trinajstić information content (AvgIpc) is 2.17. The van der Waals surface area contributed by atoms with E-state index in [9.17, 15) is 0 Å². The van der Waals surface area contributed by atoms with Gasteiger partial charge in [-0.3, -0.25) is 0 Å². The molecule has 0 amide bonds. The summed E-state index contributed by atoms with van der Waals surface area (Å²) in [6, 6.07) is 0. The normalized spacial score (nSPS) is 25.2. The second-order valence-corrected chi connectivity index (χ2v) is 4.68. The van der Waals surface area contributed by atoms with E-state index in [4.69, 9.17) is 9.31 Å². The first-order valence-electron chi connectivity index (χ1n) is 5.04. The average molecular weight is 183 g/mol. The molecule has 2 nitrogen and oxygen atoms in total. The van der Waals surface area contributed by atoms with Crippen LogP contribution in [0.5, 0.6) is 0 Å². The highest BCUT2D eigenvalue weighted by atomic mass is 16.7. The van der Waals surface area contributed by atoms with Crippen molar-refractivity contribution in [2.24, 2.45) is 0 Å². The van der Waals surface area contributed by atoms with E-state index in [0.29, 0.717) is 0 Å². The Kier molecular flexibility index (Phi) is 3.08. The zero-order chi connectivity index (χ0) is 10.1. The minimum absolute atomic E-state index is 0.0354. The smallest absolute Gasteiger partial charge is 0.403 e. The monoisotopic (exact) mass is 183 g/mol. The topological polar surface area (TPSA) is 18.5 Å². The van der Waals surface area contributed by atoms with Crippen LogP contribution in [0, 0.1) is 6.92 Å². The first-order chi connectivity index (χ1) is 5.89. The molecule has 1 aliphatic rings. The summed E-state index contributed by atoms with van der Waals surface area (Å²) >= 11 is 0. The fraction of sp³-hybridized carbons (Fsp3) is 0.900. The number of rotatable bonds is 3. The van der Waals surface area contributed by atoms with E-state index in [2.05, 4.69) is 34.6 Å². The molecule has 1 radical (unpaired) electrons. The maximum Gasteiger partial charge on any atom is 0.457 e. The molecule has 0 aromatic rings. The minimum Gasteiger partial charge on any atom is -0.403 e. The molecule has 1 saturated heterocycles.